The average Bonchev–Trinajstić information content (AvgIpc) is 3.33. The van der Waals surface area contributed by atoms with Crippen LogP contribution in [-0.4, -0.2) is 4.98 Å². The zero-order valence-electron chi connectivity index (χ0n) is 20.8. The number of aryl methyl sites for hydroxylation is 1. The fourth-order valence-corrected chi connectivity index (χ4v) is 5.22. The van der Waals surface area contributed by atoms with Gasteiger partial charge >= 0.3 is 6.11 Å². The van der Waals surface area contributed by atoms with Gasteiger partial charge in [-0.3, -0.25) is 0 Å². The van der Waals surface area contributed by atoms with Crippen LogP contribution < -0.4 is 4.74 Å². The van der Waals surface area contributed by atoms with E-state index >= 15 is 4.39 Å². The Morgan fingerprint density at radius 1 is 0.780 bits per heavy atom. The van der Waals surface area contributed by atoms with Crippen molar-refractivity contribution < 1.29 is 39.9 Å². The first-order valence-corrected chi connectivity index (χ1v) is 12.8. The Bertz CT molecular complexity index is 1750. The summed E-state index contributed by atoms with van der Waals surface area (Å²) in [6.07, 6.45) is -1.33. The Morgan fingerprint density at radius 2 is 1.44 bits per heavy atom. The van der Waals surface area contributed by atoms with Crippen LogP contribution in [0.1, 0.15) is 17.5 Å². The Balaban J connectivity index is 1.43. The Hall–Kier alpha value is -4.25. The van der Waals surface area contributed by atoms with Gasteiger partial charge < -0.3 is 4.74 Å². The molecule has 0 radical (unpaired) electrons. The van der Waals surface area contributed by atoms with Crippen molar-refractivity contribution in [2.24, 2.45) is 0 Å². The van der Waals surface area contributed by atoms with Gasteiger partial charge in [0.25, 0.3) is 0 Å². The first kappa shape index (κ1) is 28.3. The molecule has 210 valence electrons. The Kier molecular flexibility index (Phi) is 7.56. The number of aromatic nitrogens is 1. The van der Waals surface area contributed by atoms with Crippen LogP contribution in [-0.2, 0) is 12.5 Å². The lowest BCUT2D eigenvalue weighted by Gasteiger charge is -2.20. The van der Waals surface area contributed by atoms with Crippen molar-refractivity contribution in [3.05, 3.63) is 119 Å². The number of benzene rings is 4. The minimum Gasteiger partial charge on any atom is -0.429 e. The predicted molar refractivity (Wildman–Crippen MR) is 140 cm³/mol. The number of ether oxygens (including phenoxy) is 1. The molecule has 0 fully saturated rings. The molecule has 0 atom stereocenters. The highest BCUT2D eigenvalue weighted by molar-refractivity contribution is 7.21. The molecule has 0 saturated carbocycles. The van der Waals surface area contributed by atoms with Gasteiger partial charge in [-0.25, -0.2) is 31.3 Å². The smallest absolute Gasteiger partial charge is 0.429 e. The van der Waals surface area contributed by atoms with Crippen molar-refractivity contribution in [2.75, 3.05) is 0 Å². The maximum Gasteiger partial charge on any atom is 0.432 e. The molecule has 0 unspecified atom stereocenters. The van der Waals surface area contributed by atoms with E-state index in [1.807, 2.05) is 24.3 Å². The van der Waals surface area contributed by atoms with E-state index in [4.69, 9.17) is 0 Å². The Labute approximate surface area is 232 Å². The number of hydrogen-bond acceptors (Lipinski definition) is 3. The van der Waals surface area contributed by atoms with Gasteiger partial charge in [0, 0.05) is 23.3 Å². The molecule has 0 amide bonds. The molecular weight excluding hydrogens is 574 g/mol. The minimum atomic E-state index is -4.76. The van der Waals surface area contributed by atoms with E-state index in [1.54, 1.807) is 0 Å². The van der Waals surface area contributed by atoms with Crippen LogP contribution in [0.5, 0.6) is 5.75 Å². The van der Waals surface area contributed by atoms with Crippen LogP contribution in [0.15, 0.2) is 73.3 Å². The van der Waals surface area contributed by atoms with Gasteiger partial charge in [-0.1, -0.05) is 24.3 Å². The quantitative estimate of drug-likeness (QED) is 0.102. The number of thiazole rings is 1. The molecule has 2 nitrogen and oxygen atoms in total. The summed E-state index contributed by atoms with van der Waals surface area (Å²) < 4.78 is 119. The summed E-state index contributed by atoms with van der Waals surface area (Å²) in [6.45, 7) is 3.71. The third kappa shape index (κ3) is 5.67. The third-order valence-electron chi connectivity index (χ3n) is 6.15. The summed E-state index contributed by atoms with van der Waals surface area (Å²) in [5.41, 5.74) is -0.349. The highest BCUT2D eigenvalue weighted by Gasteiger charge is 2.41. The van der Waals surface area contributed by atoms with Gasteiger partial charge in [-0.05, 0) is 54.3 Å². The molecule has 0 bridgehead atoms. The van der Waals surface area contributed by atoms with Crippen LogP contribution in [0.3, 0.4) is 0 Å². The summed E-state index contributed by atoms with van der Waals surface area (Å²) in [5.74, 6) is -11.3. The van der Waals surface area contributed by atoms with Crippen molar-refractivity contribution in [1.82, 2.24) is 4.98 Å². The largest absolute Gasteiger partial charge is 0.432 e. The zero-order valence-corrected chi connectivity index (χ0v) is 21.6. The SMILES string of the molecule is C=CCCc1ccc2nc(-c3ccc(-c4cc(F)c(C(F)(F)Oc5cc(F)c(F)c(F)c5)c(F)c4)c(F)c3)sc2c1. The number of nitrogens with zero attached hydrogens (tertiary/aromatic N) is 1. The number of hydrogen-bond donors (Lipinski definition) is 0. The van der Waals surface area contributed by atoms with Crippen molar-refractivity contribution >= 4 is 21.6 Å². The van der Waals surface area contributed by atoms with E-state index in [9.17, 15) is 30.7 Å². The molecule has 11 heteroatoms. The standard InChI is InChI=1S/C30H17F8NOS/c1-2-3-4-15-5-8-25-26(9-15)41-29(39-25)16-6-7-19(20(31)10-16)17-11-21(32)27(22(33)12-17)30(37,38)40-18-13-23(34)28(36)24(35)14-18/h2,5-14H,1,3-4H2. The molecule has 1 heterocycles. The van der Waals surface area contributed by atoms with E-state index in [0.717, 1.165) is 29.2 Å². The molecule has 0 aliphatic rings. The fraction of sp³-hybridized carbons (Fsp3) is 0.100. The van der Waals surface area contributed by atoms with Crippen molar-refractivity contribution in [1.29, 1.82) is 0 Å². The molecule has 0 saturated heterocycles. The van der Waals surface area contributed by atoms with Crippen LogP contribution in [0.25, 0.3) is 31.9 Å². The summed E-state index contributed by atoms with van der Waals surface area (Å²) in [4.78, 5) is 4.51. The molecule has 0 aliphatic carbocycles. The van der Waals surface area contributed by atoms with Crippen molar-refractivity contribution in [3.8, 4) is 27.4 Å². The second kappa shape index (κ2) is 11.0. The normalized spacial score (nSPS) is 11.7. The van der Waals surface area contributed by atoms with Crippen LogP contribution in [0, 0.1) is 34.9 Å². The van der Waals surface area contributed by atoms with Crippen LogP contribution >= 0.6 is 11.3 Å². The lowest BCUT2D eigenvalue weighted by molar-refractivity contribution is -0.189. The van der Waals surface area contributed by atoms with Crippen LogP contribution in [0.2, 0.25) is 0 Å². The van der Waals surface area contributed by atoms with Crippen molar-refractivity contribution in [3.63, 3.8) is 0 Å². The Morgan fingerprint density at radius 3 is 2.07 bits per heavy atom. The van der Waals surface area contributed by atoms with E-state index in [-0.39, 0.29) is 17.7 Å². The molecule has 0 aliphatic heterocycles. The second-order valence-corrected chi connectivity index (χ2v) is 10.0. The zero-order chi connectivity index (χ0) is 29.5. The average molecular weight is 592 g/mol. The minimum absolute atomic E-state index is 0.0979. The molecule has 41 heavy (non-hydrogen) atoms. The van der Waals surface area contributed by atoms with Gasteiger partial charge in [0.1, 0.15) is 33.8 Å². The first-order valence-electron chi connectivity index (χ1n) is 12.0. The van der Waals surface area contributed by atoms with Gasteiger partial charge in [0.15, 0.2) is 17.5 Å². The summed E-state index contributed by atoms with van der Waals surface area (Å²) in [6, 6.07) is 10.8. The molecular formula is C30H17F8NOS. The van der Waals surface area contributed by atoms with E-state index in [0.29, 0.717) is 28.2 Å². The monoisotopic (exact) mass is 591 g/mol. The third-order valence-corrected chi connectivity index (χ3v) is 7.22. The highest BCUT2D eigenvalue weighted by Crippen LogP contribution is 2.39. The second-order valence-electron chi connectivity index (χ2n) is 8.98. The number of halogens is 8. The number of alkyl halides is 2. The van der Waals surface area contributed by atoms with Crippen LogP contribution in [0.4, 0.5) is 35.1 Å². The van der Waals surface area contributed by atoms with E-state index in [2.05, 4.69) is 16.3 Å². The molecule has 0 N–H and O–H groups in total. The lowest BCUT2D eigenvalue weighted by Crippen LogP contribution is -2.25. The fourth-order valence-electron chi connectivity index (χ4n) is 4.20. The number of allylic oxidation sites excluding steroid dienone is 1. The lowest BCUT2D eigenvalue weighted by atomic mass is 10.0. The molecule has 5 rings (SSSR count). The summed E-state index contributed by atoms with van der Waals surface area (Å²) in [5, 5.41) is 0.504. The van der Waals surface area contributed by atoms with Gasteiger partial charge in [-0.15, -0.1) is 17.9 Å². The number of fused-ring (bicyclic) bond motifs is 1. The molecule has 0 spiro atoms. The number of rotatable bonds is 8. The highest BCUT2D eigenvalue weighted by atomic mass is 32.1. The predicted octanol–water partition coefficient (Wildman–Crippen LogP) is 9.71. The summed E-state index contributed by atoms with van der Waals surface area (Å²) >= 11 is 1.33. The van der Waals surface area contributed by atoms with Gasteiger partial charge in [0.05, 0.1) is 10.2 Å². The summed E-state index contributed by atoms with van der Waals surface area (Å²) in [7, 11) is 0. The van der Waals surface area contributed by atoms with E-state index < -0.39 is 57.9 Å². The maximum atomic E-state index is 15.1. The maximum absolute atomic E-state index is 15.1. The molecule has 4 aromatic carbocycles. The van der Waals surface area contributed by atoms with Gasteiger partial charge in [-0.2, -0.15) is 8.78 Å². The van der Waals surface area contributed by atoms with Gasteiger partial charge in [0.2, 0.25) is 0 Å². The van der Waals surface area contributed by atoms with E-state index in [1.165, 1.54) is 23.5 Å². The molecule has 5 aromatic rings. The first-order chi connectivity index (χ1) is 19.5. The van der Waals surface area contributed by atoms with Crippen molar-refractivity contribution in [2.45, 2.75) is 19.0 Å². The molecule has 1 aromatic heterocycles. The topological polar surface area (TPSA) is 22.1 Å².